The Morgan fingerprint density at radius 3 is 1.34 bits per heavy atom. The highest BCUT2D eigenvalue weighted by atomic mass is 16.3. The molecule has 2 nitrogen and oxygen atoms in total. The second-order valence-corrected chi connectivity index (χ2v) is 15.8. The maximum Gasteiger partial charge on any atom is 0.138 e. The molecular formula is C59H41NO. The van der Waals surface area contributed by atoms with Gasteiger partial charge in [-0.3, -0.25) is 0 Å². The first-order chi connectivity index (χ1) is 30.1. The average molecular weight is 780 g/mol. The highest BCUT2D eigenvalue weighted by Gasteiger charge is 2.16. The lowest BCUT2D eigenvalue weighted by atomic mass is 9.97. The van der Waals surface area contributed by atoms with Crippen LogP contribution in [0.2, 0.25) is 0 Å². The Kier molecular flexibility index (Phi) is 9.09. The Hall–Kier alpha value is -7.94. The van der Waals surface area contributed by atoms with E-state index in [2.05, 4.69) is 230 Å². The van der Waals surface area contributed by atoms with Crippen molar-refractivity contribution < 1.29 is 4.42 Å². The molecule has 0 fully saturated rings. The van der Waals surface area contributed by atoms with Crippen LogP contribution in [0.3, 0.4) is 0 Å². The first kappa shape index (κ1) is 36.2. The van der Waals surface area contributed by atoms with Crippen molar-refractivity contribution >= 4 is 49.6 Å². The second kappa shape index (κ2) is 15.3. The second-order valence-electron chi connectivity index (χ2n) is 15.8. The molecule has 0 unspecified atom stereocenters. The molecule has 1 aromatic heterocycles. The lowest BCUT2D eigenvalue weighted by Gasteiger charge is -2.26. The van der Waals surface area contributed by atoms with Crippen LogP contribution < -0.4 is 4.90 Å². The molecule has 0 saturated heterocycles. The predicted octanol–water partition coefficient (Wildman–Crippen LogP) is 16.9. The molecule has 11 rings (SSSR count). The number of anilines is 3. The first-order valence-electron chi connectivity index (χ1n) is 20.9. The molecule has 10 aromatic carbocycles. The van der Waals surface area contributed by atoms with E-state index in [-0.39, 0.29) is 0 Å². The van der Waals surface area contributed by atoms with Crippen LogP contribution in [0.15, 0.2) is 235 Å². The molecule has 0 bridgehead atoms. The minimum atomic E-state index is 0.920. The standard InChI is InChI=1S/C59H41NO/c1-40-55-15-7-8-17-58(55)61-59(40)51-14-9-13-48(39-51)45-20-18-42(19-21-45)44-26-33-53(34-27-44)60(52-31-24-43(25-32-52)41-10-3-2-4-11-41)54-35-28-46(29-36-54)49-30-37-57-50(38-49)23-22-47-12-5-6-16-56(47)57/h2-39H,1H3. The highest BCUT2D eigenvalue weighted by Crippen LogP contribution is 2.39. The van der Waals surface area contributed by atoms with Crippen LogP contribution in [-0.2, 0) is 0 Å². The number of para-hydroxylation sites is 1. The number of rotatable bonds is 8. The minimum absolute atomic E-state index is 0.920. The Morgan fingerprint density at radius 2 is 0.721 bits per heavy atom. The molecular weight excluding hydrogens is 739 g/mol. The van der Waals surface area contributed by atoms with Gasteiger partial charge in [-0.05, 0) is 128 Å². The summed E-state index contributed by atoms with van der Waals surface area (Å²) in [6.07, 6.45) is 0. The topological polar surface area (TPSA) is 16.4 Å². The maximum absolute atomic E-state index is 6.30. The van der Waals surface area contributed by atoms with E-state index in [4.69, 9.17) is 4.42 Å². The van der Waals surface area contributed by atoms with Gasteiger partial charge in [-0.15, -0.1) is 0 Å². The fraction of sp³-hybridized carbons (Fsp3) is 0.0169. The Morgan fingerprint density at radius 1 is 0.295 bits per heavy atom. The molecule has 0 radical (unpaired) electrons. The SMILES string of the molecule is Cc1c(-c2cccc(-c3ccc(-c4ccc(N(c5ccc(-c6ccccc6)cc5)c5ccc(-c6ccc7c(ccc8ccccc87)c6)cc5)cc4)cc3)c2)oc2ccccc12. The molecule has 0 aliphatic heterocycles. The van der Waals surface area contributed by atoms with Gasteiger partial charge in [0.25, 0.3) is 0 Å². The number of nitrogens with zero attached hydrogens (tertiary/aromatic N) is 1. The van der Waals surface area contributed by atoms with E-state index in [0.29, 0.717) is 0 Å². The van der Waals surface area contributed by atoms with E-state index in [1.165, 1.54) is 66.1 Å². The molecule has 61 heavy (non-hydrogen) atoms. The Balaban J connectivity index is 0.892. The Bertz CT molecular complexity index is 3320. The van der Waals surface area contributed by atoms with Gasteiger partial charge in [-0.1, -0.05) is 176 Å². The van der Waals surface area contributed by atoms with Gasteiger partial charge < -0.3 is 9.32 Å². The molecule has 0 amide bonds. The van der Waals surface area contributed by atoms with Gasteiger partial charge >= 0.3 is 0 Å². The van der Waals surface area contributed by atoms with E-state index in [1.54, 1.807) is 0 Å². The summed E-state index contributed by atoms with van der Waals surface area (Å²) in [4.78, 5) is 2.34. The van der Waals surface area contributed by atoms with Crippen molar-refractivity contribution in [2.75, 3.05) is 4.90 Å². The van der Waals surface area contributed by atoms with Gasteiger partial charge in [0.1, 0.15) is 11.3 Å². The first-order valence-corrected chi connectivity index (χ1v) is 20.9. The summed E-state index contributed by atoms with van der Waals surface area (Å²) >= 11 is 0. The fourth-order valence-electron chi connectivity index (χ4n) is 8.82. The number of fused-ring (bicyclic) bond motifs is 4. The van der Waals surface area contributed by atoms with Gasteiger partial charge in [-0.25, -0.2) is 0 Å². The van der Waals surface area contributed by atoms with Crippen LogP contribution >= 0.6 is 0 Å². The molecule has 0 saturated carbocycles. The molecule has 0 aliphatic carbocycles. The van der Waals surface area contributed by atoms with Gasteiger partial charge in [0.15, 0.2) is 0 Å². The summed E-state index contributed by atoms with van der Waals surface area (Å²) < 4.78 is 6.30. The van der Waals surface area contributed by atoms with Crippen LogP contribution in [0.25, 0.3) is 88.3 Å². The quantitative estimate of drug-likeness (QED) is 0.143. The summed E-state index contributed by atoms with van der Waals surface area (Å²) in [5.74, 6) is 0.927. The molecule has 0 N–H and O–H groups in total. The van der Waals surface area contributed by atoms with Crippen molar-refractivity contribution in [3.63, 3.8) is 0 Å². The zero-order valence-electron chi connectivity index (χ0n) is 33.8. The van der Waals surface area contributed by atoms with Crippen LogP contribution in [-0.4, -0.2) is 0 Å². The third-order valence-corrected chi connectivity index (χ3v) is 12.1. The van der Waals surface area contributed by atoms with Gasteiger partial charge in [-0.2, -0.15) is 0 Å². The number of furan rings is 1. The number of aryl methyl sites for hydroxylation is 1. The van der Waals surface area contributed by atoms with E-state index in [9.17, 15) is 0 Å². The van der Waals surface area contributed by atoms with Crippen molar-refractivity contribution in [3.8, 4) is 55.8 Å². The summed E-state index contributed by atoms with van der Waals surface area (Å²) in [6.45, 7) is 2.14. The van der Waals surface area contributed by atoms with Crippen molar-refractivity contribution in [2.24, 2.45) is 0 Å². The summed E-state index contributed by atoms with van der Waals surface area (Å²) in [7, 11) is 0. The minimum Gasteiger partial charge on any atom is -0.456 e. The number of hydrogen-bond donors (Lipinski definition) is 0. The molecule has 0 spiro atoms. The smallest absolute Gasteiger partial charge is 0.138 e. The maximum atomic E-state index is 6.30. The van der Waals surface area contributed by atoms with E-state index in [0.717, 1.165) is 44.9 Å². The molecule has 2 heteroatoms. The lowest BCUT2D eigenvalue weighted by molar-refractivity contribution is 0.629. The predicted molar refractivity (Wildman–Crippen MR) is 258 cm³/mol. The van der Waals surface area contributed by atoms with Crippen LogP contribution in [0.5, 0.6) is 0 Å². The summed E-state index contributed by atoms with van der Waals surface area (Å²) in [5.41, 5.74) is 15.9. The van der Waals surface area contributed by atoms with Gasteiger partial charge in [0.2, 0.25) is 0 Å². The monoisotopic (exact) mass is 779 g/mol. The zero-order valence-corrected chi connectivity index (χ0v) is 33.8. The molecule has 11 aromatic rings. The van der Waals surface area contributed by atoms with Crippen molar-refractivity contribution in [1.82, 2.24) is 0 Å². The highest BCUT2D eigenvalue weighted by molar-refractivity contribution is 6.08. The van der Waals surface area contributed by atoms with Crippen LogP contribution in [0, 0.1) is 6.92 Å². The van der Waals surface area contributed by atoms with Crippen molar-refractivity contribution in [3.05, 3.63) is 236 Å². The lowest BCUT2D eigenvalue weighted by Crippen LogP contribution is -2.09. The molecule has 0 atom stereocenters. The van der Waals surface area contributed by atoms with Crippen molar-refractivity contribution in [1.29, 1.82) is 0 Å². The third-order valence-electron chi connectivity index (χ3n) is 12.1. The Labute approximate surface area is 356 Å². The fourth-order valence-corrected chi connectivity index (χ4v) is 8.82. The summed E-state index contributed by atoms with van der Waals surface area (Å²) in [5, 5.41) is 6.24. The average Bonchev–Trinajstić information content (AvgIpc) is 3.68. The van der Waals surface area contributed by atoms with Gasteiger partial charge in [0.05, 0.1) is 0 Å². The number of benzene rings is 10. The zero-order chi connectivity index (χ0) is 40.7. The van der Waals surface area contributed by atoms with E-state index in [1.807, 2.05) is 12.1 Å². The van der Waals surface area contributed by atoms with Gasteiger partial charge in [0, 0.05) is 33.6 Å². The van der Waals surface area contributed by atoms with Crippen LogP contribution in [0.1, 0.15) is 5.56 Å². The number of hydrogen-bond acceptors (Lipinski definition) is 2. The normalized spacial score (nSPS) is 11.4. The molecule has 288 valence electrons. The van der Waals surface area contributed by atoms with Crippen molar-refractivity contribution in [2.45, 2.75) is 6.92 Å². The van der Waals surface area contributed by atoms with E-state index >= 15 is 0 Å². The largest absolute Gasteiger partial charge is 0.456 e. The summed E-state index contributed by atoms with van der Waals surface area (Å²) in [6, 6.07) is 83.0. The third kappa shape index (κ3) is 6.84. The molecule has 0 aliphatic rings. The van der Waals surface area contributed by atoms with E-state index < -0.39 is 0 Å². The van der Waals surface area contributed by atoms with Crippen LogP contribution in [0.4, 0.5) is 17.1 Å². The molecule has 1 heterocycles.